The summed E-state index contributed by atoms with van der Waals surface area (Å²) in [5, 5.41) is 2.63. The van der Waals surface area contributed by atoms with Crippen LogP contribution in [0.1, 0.15) is 39.5 Å². The second kappa shape index (κ2) is 8.92. The first-order valence-electron chi connectivity index (χ1n) is 7.33. The van der Waals surface area contributed by atoms with Gasteiger partial charge in [-0.05, 0) is 33.1 Å². The van der Waals surface area contributed by atoms with Crippen molar-refractivity contribution in [1.82, 2.24) is 5.32 Å². The van der Waals surface area contributed by atoms with E-state index in [2.05, 4.69) is 5.32 Å². The molecule has 3 atom stereocenters. The fraction of sp³-hybridized carbons (Fsp3) is 0.857. The fourth-order valence-corrected chi connectivity index (χ4v) is 2.34. The second-order valence-corrected chi connectivity index (χ2v) is 5.32. The van der Waals surface area contributed by atoms with Crippen LogP contribution in [-0.2, 0) is 19.1 Å². The SMILES string of the molecule is CCOC(=O)CNC(=O)C1CCCC(OCC(C)N)C1. The van der Waals surface area contributed by atoms with Gasteiger partial charge in [-0.15, -0.1) is 0 Å². The van der Waals surface area contributed by atoms with Gasteiger partial charge in [-0.2, -0.15) is 0 Å². The third-order valence-electron chi connectivity index (χ3n) is 3.30. The molecule has 0 aromatic rings. The monoisotopic (exact) mass is 286 g/mol. The minimum Gasteiger partial charge on any atom is -0.465 e. The van der Waals surface area contributed by atoms with E-state index in [-0.39, 0.29) is 30.5 Å². The molecule has 3 N–H and O–H groups in total. The summed E-state index contributed by atoms with van der Waals surface area (Å²) in [6.07, 6.45) is 3.55. The molecule has 0 heterocycles. The zero-order valence-corrected chi connectivity index (χ0v) is 12.4. The van der Waals surface area contributed by atoms with Gasteiger partial charge in [0.05, 0.1) is 19.3 Å². The normalized spacial score (nSPS) is 23.9. The van der Waals surface area contributed by atoms with E-state index in [0.29, 0.717) is 19.6 Å². The molecule has 1 aliphatic rings. The van der Waals surface area contributed by atoms with Crippen molar-refractivity contribution >= 4 is 11.9 Å². The number of nitrogens with one attached hydrogen (secondary N) is 1. The van der Waals surface area contributed by atoms with Gasteiger partial charge in [-0.1, -0.05) is 6.42 Å². The van der Waals surface area contributed by atoms with Gasteiger partial charge in [0.2, 0.25) is 5.91 Å². The largest absolute Gasteiger partial charge is 0.465 e. The Kier molecular flexibility index (Phi) is 7.54. The number of carbonyl (C=O) groups excluding carboxylic acids is 2. The highest BCUT2D eigenvalue weighted by atomic mass is 16.5. The Morgan fingerprint density at radius 3 is 2.80 bits per heavy atom. The molecule has 1 fully saturated rings. The van der Waals surface area contributed by atoms with Crippen LogP contribution in [0.5, 0.6) is 0 Å². The number of amides is 1. The van der Waals surface area contributed by atoms with Gasteiger partial charge in [-0.3, -0.25) is 9.59 Å². The van der Waals surface area contributed by atoms with Crippen molar-refractivity contribution in [1.29, 1.82) is 0 Å². The molecule has 6 nitrogen and oxygen atoms in total. The predicted octanol–water partition coefficient (Wildman–Crippen LogP) is 0.588. The van der Waals surface area contributed by atoms with Crippen molar-refractivity contribution in [3.05, 3.63) is 0 Å². The molecule has 0 radical (unpaired) electrons. The molecule has 116 valence electrons. The third kappa shape index (κ3) is 6.34. The lowest BCUT2D eigenvalue weighted by molar-refractivity contribution is -0.144. The molecular formula is C14H26N2O4. The first-order chi connectivity index (χ1) is 9.52. The number of hydrogen-bond donors (Lipinski definition) is 2. The molecular weight excluding hydrogens is 260 g/mol. The molecule has 1 aliphatic carbocycles. The standard InChI is InChI=1S/C14H26N2O4/c1-3-19-13(17)8-16-14(18)11-5-4-6-12(7-11)20-9-10(2)15/h10-12H,3-9,15H2,1-2H3,(H,16,18). The van der Waals surface area contributed by atoms with E-state index in [1.807, 2.05) is 6.92 Å². The van der Waals surface area contributed by atoms with Crippen LogP contribution in [0.2, 0.25) is 0 Å². The maximum Gasteiger partial charge on any atom is 0.325 e. The molecule has 1 amide bonds. The lowest BCUT2D eigenvalue weighted by Crippen LogP contribution is -2.39. The number of carbonyl (C=O) groups is 2. The Labute approximate surface area is 120 Å². The van der Waals surface area contributed by atoms with E-state index in [0.717, 1.165) is 19.3 Å². The summed E-state index contributed by atoms with van der Waals surface area (Å²) in [4.78, 5) is 23.2. The van der Waals surface area contributed by atoms with Crippen LogP contribution in [0.4, 0.5) is 0 Å². The van der Waals surface area contributed by atoms with Crippen LogP contribution >= 0.6 is 0 Å². The third-order valence-corrected chi connectivity index (χ3v) is 3.30. The number of esters is 1. The van der Waals surface area contributed by atoms with Crippen molar-refractivity contribution in [2.24, 2.45) is 11.7 Å². The zero-order valence-electron chi connectivity index (χ0n) is 12.4. The van der Waals surface area contributed by atoms with E-state index in [4.69, 9.17) is 15.2 Å². The van der Waals surface area contributed by atoms with Crippen molar-refractivity contribution in [3.63, 3.8) is 0 Å². The number of ether oxygens (including phenoxy) is 2. The van der Waals surface area contributed by atoms with Gasteiger partial charge in [0.15, 0.2) is 0 Å². The molecule has 0 aliphatic heterocycles. The Hall–Kier alpha value is -1.14. The van der Waals surface area contributed by atoms with Gasteiger partial charge < -0.3 is 20.5 Å². The number of hydrogen-bond acceptors (Lipinski definition) is 5. The highest BCUT2D eigenvalue weighted by Crippen LogP contribution is 2.26. The number of rotatable bonds is 7. The molecule has 6 heteroatoms. The zero-order chi connectivity index (χ0) is 15.0. The fourth-order valence-electron chi connectivity index (χ4n) is 2.34. The van der Waals surface area contributed by atoms with Crippen LogP contribution < -0.4 is 11.1 Å². The lowest BCUT2D eigenvalue weighted by atomic mass is 9.86. The Bertz CT molecular complexity index is 320. The quantitative estimate of drug-likeness (QED) is 0.668. The minimum atomic E-state index is -0.401. The Balaban J connectivity index is 2.30. The maximum atomic E-state index is 12.0. The molecule has 0 aromatic carbocycles. The van der Waals surface area contributed by atoms with Crippen LogP contribution in [0.15, 0.2) is 0 Å². The van der Waals surface area contributed by atoms with Crippen molar-refractivity contribution in [2.45, 2.75) is 51.7 Å². The van der Waals surface area contributed by atoms with Crippen molar-refractivity contribution < 1.29 is 19.1 Å². The number of nitrogens with two attached hydrogens (primary N) is 1. The molecule has 0 aromatic heterocycles. The minimum absolute atomic E-state index is 0.00742. The average molecular weight is 286 g/mol. The predicted molar refractivity (Wildman–Crippen MR) is 75.0 cm³/mol. The van der Waals surface area contributed by atoms with E-state index in [1.54, 1.807) is 6.92 Å². The molecule has 0 bridgehead atoms. The molecule has 1 saturated carbocycles. The van der Waals surface area contributed by atoms with Crippen LogP contribution in [0.3, 0.4) is 0 Å². The van der Waals surface area contributed by atoms with Gasteiger partial charge in [-0.25, -0.2) is 0 Å². The second-order valence-electron chi connectivity index (χ2n) is 5.32. The molecule has 0 saturated heterocycles. The summed E-state index contributed by atoms with van der Waals surface area (Å²) < 4.78 is 10.5. The van der Waals surface area contributed by atoms with Crippen molar-refractivity contribution in [2.75, 3.05) is 19.8 Å². The first kappa shape index (κ1) is 16.9. The summed E-state index contributed by atoms with van der Waals surface area (Å²) in [5.74, 6) is -0.579. The highest BCUT2D eigenvalue weighted by molar-refractivity contribution is 5.83. The molecule has 3 unspecified atom stereocenters. The van der Waals surface area contributed by atoms with E-state index < -0.39 is 5.97 Å². The van der Waals surface area contributed by atoms with Gasteiger partial charge >= 0.3 is 5.97 Å². The maximum absolute atomic E-state index is 12.0. The van der Waals surface area contributed by atoms with E-state index in [9.17, 15) is 9.59 Å². The first-order valence-corrected chi connectivity index (χ1v) is 7.33. The summed E-state index contributed by atoms with van der Waals surface area (Å²) in [6, 6.07) is 0.00742. The lowest BCUT2D eigenvalue weighted by Gasteiger charge is -2.28. The highest BCUT2D eigenvalue weighted by Gasteiger charge is 2.28. The van der Waals surface area contributed by atoms with Gasteiger partial charge in [0.25, 0.3) is 0 Å². The van der Waals surface area contributed by atoms with Crippen LogP contribution in [-0.4, -0.2) is 43.8 Å². The average Bonchev–Trinajstić information content (AvgIpc) is 2.43. The molecule has 1 rings (SSSR count). The molecule has 20 heavy (non-hydrogen) atoms. The molecule has 0 spiro atoms. The van der Waals surface area contributed by atoms with Crippen LogP contribution in [0, 0.1) is 5.92 Å². The smallest absolute Gasteiger partial charge is 0.325 e. The Morgan fingerprint density at radius 2 is 2.15 bits per heavy atom. The van der Waals surface area contributed by atoms with Crippen LogP contribution in [0.25, 0.3) is 0 Å². The summed E-state index contributed by atoms with van der Waals surface area (Å²) in [7, 11) is 0. The van der Waals surface area contributed by atoms with Gasteiger partial charge in [0.1, 0.15) is 6.54 Å². The summed E-state index contributed by atoms with van der Waals surface area (Å²) in [6.45, 7) is 4.41. The van der Waals surface area contributed by atoms with E-state index in [1.165, 1.54) is 0 Å². The Morgan fingerprint density at radius 1 is 1.40 bits per heavy atom. The summed E-state index contributed by atoms with van der Waals surface area (Å²) >= 11 is 0. The van der Waals surface area contributed by atoms with E-state index >= 15 is 0 Å². The summed E-state index contributed by atoms with van der Waals surface area (Å²) in [5.41, 5.74) is 5.66. The van der Waals surface area contributed by atoms with Crippen molar-refractivity contribution in [3.8, 4) is 0 Å². The van der Waals surface area contributed by atoms with Gasteiger partial charge in [0, 0.05) is 12.0 Å². The topological polar surface area (TPSA) is 90.6 Å².